The summed E-state index contributed by atoms with van der Waals surface area (Å²) in [6, 6.07) is 6.28. The van der Waals surface area contributed by atoms with E-state index in [1.807, 2.05) is 32.0 Å². The van der Waals surface area contributed by atoms with Crippen molar-refractivity contribution in [2.45, 2.75) is 66.3 Å². The second kappa shape index (κ2) is 9.55. The highest BCUT2D eigenvalue weighted by Crippen LogP contribution is 2.37. The lowest BCUT2D eigenvalue weighted by molar-refractivity contribution is -0.132. The number of carbonyl (C=O) groups excluding carboxylic acids is 2. The van der Waals surface area contributed by atoms with E-state index in [2.05, 4.69) is 31.4 Å². The summed E-state index contributed by atoms with van der Waals surface area (Å²) in [4.78, 5) is 26.4. The van der Waals surface area contributed by atoms with Crippen LogP contribution < -0.4 is 10.6 Å². The van der Waals surface area contributed by atoms with E-state index in [-0.39, 0.29) is 30.3 Å². The average Bonchev–Trinajstić information content (AvgIpc) is 2.62. The normalized spacial score (nSPS) is 19.9. The van der Waals surface area contributed by atoms with Crippen LogP contribution in [0.5, 0.6) is 0 Å². The van der Waals surface area contributed by atoms with E-state index >= 15 is 0 Å². The molecule has 0 bridgehead atoms. The number of para-hydroxylation sites is 1. The van der Waals surface area contributed by atoms with Gasteiger partial charge in [-0.15, -0.1) is 0 Å². The summed E-state index contributed by atoms with van der Waals surface area (Å²) in [5.41, 5.74) is 3.11. The van der Waals surface area contributed by atoms with Gasteiger partial charge < -0.3 is 15.5 Å². The molecule has 1 saturated carbocycles. The van der Waals surface area contributed by atoms with E-state index in [0.717, 1.165) is 23.2 Å². The molecular weight excluding hydrogens is 350 g/mol. The molecule has 1 aliphatic carbocycles. The van der Waals surface area contributed by atoms with Crippen molar-refractivity contribution >= 4 is 17.5 Å². The summed E-state index contributed by atoms with van der Waals surface area (Å²) in [5.74, 6) is 0.361. The molecule has 1 fully saturated rings. The van der Waals surface area contributed by atoms with Gasteiger partial charge in [0.1, 0.15) is 0 Å². The molecule has 2 rings (SSSR count). The van der Waals surface area contributed by atoms with Crippen LogP contribution in [0.1, 0.15) is 57.6 Å². The number of benzene rings is 1. The van der Waals surface area contributed by atoms with Gasteiger partial charge in [0.05, 0.1) is 13.1 Å². The Bertz CT molecular complexity index is 673. The zero-order chi connectivity index (χ0) is 20.9. The summed E-state index contributed by atoms with van der Waals surface area (Å²) in [6.45, 7) is 11.1. The second-order valence-corrected chi connectivity index (χ2v) is 9.31. The Labute approximate surface area is 170 Å². The van der Waals surface area contributed by atoms with Crippen molar-refractivity contribution in [3.8, 4) is 0 Å². The number of likely N-dealkylation sites (N-methyl/N-ethyl adjacent to an activating group) is 1. The van der Waals surface area contributed by atoms with E-state index in [0.29, 0.717) is 12.0 Å². The minimum atomic E-state index is -0.168. The van der Waals surface area contributed by atoms with Gasteiger partial charge in [0.25, 0.3) is 0 Å². The van der Waals surface area contributed by atoms with Crippen molar-refractivity contribution in [3.05, 3.63) is 29.3 Å². The first-order chi connectivity index (χ1) is 13.1. The molecule has 28 heavy (non-hydrogen) atoms. The number of aryl methyl sites for hydroxylation is 2. The number of amides is 2. The minimum absolute atomic E-state index is 0.0464. The SMILES string of the molecule is Cc1cccc(C)c1NC(=O)CN(C)C(=O)CNC1CCCCC1C(C)(C)C. The number of nitrogens with zero attached hydrogens (tertiary/aromatic N) is 1. The van der Waals surface area contributed by atoms with E-state index < -0.39 is 0 Å². The fourth-order valence-corrected chi connectivity index (χ4v) is 4.26. The highest BCUT2D eigenvalue weighted by molar-refractivity contribution is 5.95. The van der Waals surface area contributed by atoms with Crippen molar-refractivity contribution < 1.29 is 9.59 Å². The van der Waals surface area contributed by atoms with E-state index in [1.165, 1.54) is 24.2 Å². The van der Waals surface area contributed by atoms with Gasteiger partial charge in [-0.1, -0.05) is 51.8 Å². The lowest BCUT2D eigenvalue weighted by atomic mass is 9.69. The lowest BCUT2D eigenvalue weighted by Crippen LogP contribution is -2.48. The van der Waals surface area contributed by atoms with Gasteiger partial charge >= 0.3 is 0 Å². The molecule has 5 heteroatoms. The summed E-state index contributed by atoms with van der Waals surface area (Å²) < 4.78 is 0. The molecule has 1 aromatic rings. The molecule has 0 spiro atoms. The number of carbonyl (C=O) groups is 2. The number of hydrogen-bond acceptors (Lipinski definition) is 3. The molecule has 0 saturated heterocycles. The first-order valence-electron chi connectivity index (χ1n) is 10.4. The molecule has 1 aliphatic rings. The van der Waals surface area contributed by atoms with Gasteiger partial charge in [-0.25, -0.2) is 0 Å². The first kappa shape index (κ1) is 22.4. The number of rotatable bonds is 6. The second-order valence-electron chi connectivity index (χ2n) is 9.31. The molecule has 2 amide bonds. The number of hydrogen-bond donors (Lipinski definition) is 2. The van der Waals surface area contributed by atoms with Crippen molar-refractivity contribution in [1.82, 2.24) is 10.2 Å². The fourth-order valence-electron chi connectivity index (χ4n) is 4.26. The maximum absolute atomic E-state index is 12.5. The van der Waals surface area contributed by atoms with Crippen LogP contribution in [0.4, 0.5) is 5.69 Å². The molecule has 0 aliphatic heterocycles. The van der Waals surface area contributed by atoms with Gasteiger partial charge in [0.15, 0.2) is 0 Å². The first-order valence-corrected chi connectivity index (χ1v) is 10.4. The minimum Gasteiger partial charge on any atom is -0.335 e. The van der Waals surface area contributed by atoms with Crippen LogP contribution in [0.15, 0.2) is 18.2 Å². The van der Waals surface area contributed by atoms with Crippen LogP contribution in [-0.4, -0.2) is 42.9 Å². The van der Waals surface area contributed by atoms with Crippen molar-refractivity contribution in [2.24, 2.45) is 11.3 Å². The van der Waals surface area contributed by atoms with Crippen molar-refractivity contribution in [3.63, 3.8) is 0 Å². The fraction of sp³-hybridized carbons (Fsp3) is 0.652. The van der Waals surface area contributed by atoms with Crippen LogP contribution in [0.2, 0.25) is 0 Å². The van der Waals surface area contributed by atoms with Crippen LogP contribution in [0, 0.1) is 25.2 Å². The molecular formula is C23H37N3O2. The Hall–Kier alpha value is -1.88. The Morgan fingerprint density at radius 2 is 1.71 bits per heavy atom. The molecule has 5 nitrogen and oxygen atoms in total. The summed E-state index contributed by atoms with van der Waals surface area (Å²) >= 11 is 0. The Kier molecular flexibility index (Phi) is 7.64. The van der Waals surface area contributed by atoms with Gasteiger partial charge in [0.2, 0.25) is 11.8 Å². The third-order valence-electron chi connectivity index (χ3n) is 5.95. The zero-order valence-corrected chi connectivity index (χ0v) is 18.4. The largest absolute Gasteiger partial charge is 0.335 e. The monoisotopic (exact) mass is 387 g/mol. The molecule has 0 heterocycles. The lowest BCUT2D eigenvalue weighted by Gasteiger charge is -2.41. The molecule has 156 valence electrons. The zero-order valence-electron chi connectivity index (χ0n) is 18.4. The van der Waals surface area contributed by atoms with Crippen molar-refractivity contribution in [2.75, 3.05) is 25.5 Å². The summed E-state index contributed by atoms with van der Waals surface area (Å²) in [6.07, 6.45) is 4.81. The molecule has 2 atom stereocenters. The Balaban J connectivity index is 1.86. The van der Waals surface area contributed by atoms with E-state index in [1.54, 1.807) is 7.05 Å². The number of nitrogens with one attached hydrogen (secondary N) is 2. The quantitative estimate of drug-likeness (QED) is 0.778. The Morgan fingerprint density at radius 1 is 1.11 bits per heavy atom. The van der Waals surface area contributed by atoms with E-state index in [9.17, 15) is 9.59 Å². The maximum Gasteiger partial charge on any atom is 0.243 e. The van der Waals surface area contributed by atoms with E-state index in [4.69, 9.17) is 0 Å². The number of anilines is 1. The van der Waals surface area contributed by atoms with Crippen LogP contribution in [0.25, 0.3) is 0 Å². The van der Waals surface area contributed by atoms with Crippen LogP contribution in [0.3, 0.4) is 0 Å². The highest BCUT2D eigenvalue weighted by Gasteiger charge is 2.34. The third kappa shape index (κ3) is 6.06. The smallest absolute Gasteiger partial charge is 0.243 e. The molecule has 1 aromatic carbocycles. The maximum atomic E-state index is 12.5. The van der Waals surface area contributed by atoms with Gasteiger partial charge in [0, 0.05) is 18.8 Å². The van der Waals surface area contributed by atoms with Crippen molar-refractivity contribution in [1.29, 1.82) is 0 Å². The predicted octanol–water partition coefficient (Wildman–Crippen LogP) is 3.89. The predicted molar refractivity (Wildman–Crippen MR) is 115 cm³/mol. The highest BCUT2D eigenvalue weighted by atomic mass is 16.2. The molecule has 2 N–H and O–H groups in total. The van der Waals surface area contributed by atoms with Gasteiger partial charge in [-0.2, -0.15) is 0 Å². The summed E-state index contributed by atoms with van der Waals surface area (Å²) in [5, 5.41) is 6.42. The van der Waals surface area contributed by atoms with Crippen LogP contribution >= 0.6 is 0 Å². The standard InChI is InChI=1S/C23H37N3O2/c1-16-10-9-11-17(2)22(16)25-20(27)15-26(6)21(28)14-24-19-13-8-7-12-18(19)23(3,4)5/h9-11,18-19,24H,7-8,12-15H2,1-6H3,(H,25,27). The average molecular weight is 388 g/mol. The Morgan fingerprint density at radius 3 is 2.32 bits per heavy atom. The topological polar surface area (TPSA) is 61.4 Å². The van der Waals surface area contributed by atoms with Gasteiger partial charge in [-0.3, -0.25) is 9.59 Å². The van der Waals surface area contributed by atoms with Gasteiger partial charge in [-0.05, 0) is 49.1 Å². The molecule has 0 aromatic heterocycles. The molecule has 0 radical (unpaired) electrons. The summed E-state index contributed by atoms with van der Waals surface area (Å²) in [7, 11) is 1.69. The third-order valence-corrected chi connectivity index (χ3v) is 5.95. The van der Waals surface area contributed by atoms with Crippen LogP contribution in [-0.2, 0) is 9.59 Å². The molecule has 2 unspecified atom stereocenters.